The Morgan fingerprint density at radius 3 is 2.44 bits per heavy atom. The summed E-state index contributed by atoms with van der Waals surface area (Å²) in [6.45, 7) is 4.64. The molecule has 4 atom stereocenters. The van der Waals surface area contributed by atoms with Gasteiger partial charge in [0.25, 0.3) is 0 Å². The molecule has 4 nitrogen and oxygen atoms in total. The van der Waals surface area contributed by atoms with Crippen LogP contribution in [0.5, 0.6) is 0 Å². The summed E-state index contributed by atoms with van der Waals surface area (Å²) >= 11 is 0. The second kappa shape index (κ2) is 8.86. The van der Waals surface area contributed by atoms with E-state index in [1.54, 1.807) is 6.92 Å². The molecule has 1 aliphatic rings. The van der Waals surface area contributed by atoms with Crippen LogP contribution < -0.4 is 0 Å². The number of rotatable bonds is 8. The Kier molecular flexibility index (Phi) is 7.82. The first-order chi connectivity index (χ1) is 8.65. The molecule has 0 aliphatic carbocycles. The van der Waals surface area contributed by atoms with Gasteiger partial charge in [-0.15, -0.1) is 0 Å². The van der Waals surface area contributed by atoms with Crippen LogP contribution in [-0.4, -0.2) is 41.4 Å². The fraction of sp³-hybridized carbons (Fsp3) is 1.00. The van der Waals surface area contributed by atoms with Crippen molar-refractivity contribution in [1.82, 2.24) is 0 Å². The Bertz CT molecular complexity index is 198. The van der Waals surface area contributed by atoms with Crippen molar-refractivity contribution in [3.05, 3.63) is 0 Å². The number of ether oxygens (including phenoxy) is 2. The second-order valence-corrected chi connectivity index (χ2v) is 5.20. The molecule has 1 rings (SSSR count). The van der Waals surface area contributed by atoms with E-state index >= 15 is 0 Å². The predicted octanol–water partition coefficient (Wildman–Crippen LogP) is 2.22. The molecule has 0 radical (unpaired) electrons. The van der Waals surface area contributed by atoms with Crippen LogP contribution in [0.1, 0.15) is 58.8 Å². The van der Waals surface area contributed by atoms with Gasteiger partial charge in [-0.3, -0.25) is 0 Å². The van der Waals surface area contributed by atoms with Gasteiger partial charge in [0, 0.05) is 13.0 Å². The van der Waals surface area contributed by atoms with E-state index < -0.39 is 12.2 Å². The van der Waals surface area contributed by atoms with Crippen LogP contribution in [0.15, 0.2) is 0 Å². The van der Waals surface area contributed by atoms with Crippen LogP contribution in [-0.2, 0) is 9.47 Å². The summed E-state index contributed by atoms with van der Waals surface area (Å²) in [6.07, 6.45) is 5.49. The lowest BCUT2D eigenvalue weighted by molar-refractivity contribution is -0.246. The predicted molar refractivity (Wildman–Crippen MR) is 70.3 cm³/mol. The van der Waals surface area contributed by atoms with Crippen LogP contribution in [0.3, 0.4) is 0 Å². The molecule has 108 valence electrons. The summed E-state index contributed by atoms with van der Waals surface area (Å²) in [4.78, 5) is 0. The van der Waals surface area contributed by atoms with Crippen LogP contribution in [0.2, 0.25) is 0 Å². The summed E-state index contributed by atoms with van der Waals surface area (Å²) in [5.41, 5.74) is 0. The average molecular weight is 260 g/mol. The normalized spacial score (nSPS) is 32.7. The maximum absolute atomic E-state index is 9.61. The van der Waals surface area contributed by atoms with Gasteiger partial charge in [-0.2, -0.15) is 0 Å². The van der Waals surface area contributed by atoms with Crippen molar-refractivity contribution < 1.29 is 19.7 Å². The zero-order chi connectivity index (χ0) is 13.4. The minimum atomic E-state index is -0.793. The Morgan fingerprint density at radius 2 is 1.78 bits per heavy atom. The molecule has 0 aromatic heterocycles. The molecule has 18 heavy (non-hydrogen) atoms. The molecule has 4 heteroatoms. The van der Waals surface area contributed by atoms with Crippen molar-refractivity contribution in [1.29, 1.82) is 0 Å². The SMILES string of the molecule is CCCCCCCCO[C@H]1C[C@@H](O)[C@H](O)[C@@H](C)O1. The lowest BCUT2D eigenvalue weighted by Gasteiger charge is -2.35. The number of aliphatic hydroxyl groups excluding tert-OH is 2. The molecule has 1 fully saturated rings. The van der Waals surface area contributed by atoms with E-state index in [4.69, 9.17) is 9.47 Å². The lowest BCUT2D eigenvalue weighted by atomic mass is 10.0. The molecule has 0 saturated carbocycles. The number of hydrogen-bond acceptors (Lipinski definition) is 4. The largest absolute Gasteiger partial charge is 0.390 e. The summed E-state index contributed by atoms with van der Waals surface area (Å²) in [5.74, 6) is 0. The molecule has 2 N–H and O–H groups in total. The van der Waals surface area contributed by atoms with Gasteiger partial charge >= 0.3 is 0 Å². The smallest absolute Gasteiger partial charge is 0.160 e. The first-order valence-corrected chi connectivity index (χ1v) is 7.28. The van der Waals surface area contributed by atoms with E-state index in [2.05, 4.69) is 6.92 Å². The van der Waals surface area contributed by atoms with Crippen molar-refractivity contribution >= 4 is 0 Å². The van der Waals surface area contributed by atoms with Gasteiger partial charge in [-0.05, 0) is 13.3 Å². The first-order valence-electron chi connectivity index (χ1n) is 7.28. The van der Waals surface area contributed by atoms with Crippen molar-refractivity contribution in [2.45, 2.75) is 83.4 Å². The maximum Gasteiger partial charge on any atom is 0.160 e. The van der Waals surface area contributed by atoms with Crippen LogP contribution >= 0.6 is 0 Å². The van der Waals surface area contributed by atoms with Crippen molar-refractivity contribution in [2.75, 3.05) is 6.61 Å². The molecular weight excluding hydrogens is 232 g/mol. The molecule has 0 spiro atoms. The first kappa shape index (κ1) is 15.9. The monoisotopic (exact) mass is 260 g/mol. The minimum absolute atomic E-state index is 0.358. The zero-order valence-electron chi connectivity index (χ0n) is 11.7. The third kappa shape index (κ3) is 5.65. The van der Waals surface area contributed by atoms with E-state index in [1.807, 2.05) is 0 Å². The summed E-state index contributed by atoms with van der Waals surface area (Å²) < 4.78 is 11.1. The maximum atomic E-state index is 9.61. The van der Waals surface area contributed by atoms with Gasteiger partial charge in [-0.25, -0.2) is 0 Å². The molecule has 0 bridgehead atoms. The summed E-state index contributed by atoms with van der Waals surface area (Å²) in [6, 6.07) is 0. The summed E-state index contributed by atoms with van der Waals surface area (Å²) in [7, 11) is 0. The van der Waals surface area contributed by atoms with Crippen LogP contribution in [0.25, 0.3) is 0 Å². The highest BCUT2D eigenvalue weighted by Crippen LogP contribution is 2.21. The molecule has 1 saturated heterocycles. The van der Waals surface area contributed by atoms with Crippen molar-refractivity contribution in [3.63, 3.8) is 0 Å². The highest BCUT2D eigenvalue weighted by atomic mass is 16.7. The molecule has 0 unspecified atom stereocenters. The number of unbranched alkanes of at least 4 members (excludes halogenated alkanes) is 5. The highest BCUT2D eigenvalue weighted by molar-refractivity contribution is 4.79. The molecular formula is C14H28O4. The average Bonchev–Trinajstić information content (AvgIpc) is 2.34. The van der Waals surface area contributed by atoms with Gasteiger partial charge in [-0.1, -0.05) is 39.0 Å². The third-order valence-electron chi connectivity index (χ3n) is 3.48. The van der Waals surface area contributed by atoms with E-state index in [0.717, 1.165) is 6.42 Å². The van der Waals surface area contributed by atoms with Crippen LogP contribution in [0.4, 0.5) is 0 Å². The van der Waals surface area contributed by atoms with Gasteiger partial charge in [0.15, 0.2) is 6.29 Å². The second-order valence-electron chi connectivity index (χ2n) is 5.20. The van der Waals surface area contributed by atoms with Gasteiger partial charge < -0.3 is 19.7 Å². The van der Waals surface area contributed by atoms with Crippen LogP contribution in [0, 0.1) is 0 Å². The number of aliphatic hydroxyl groups is 2. The number of hydrogen-bond donors (Lipinski definition) is 2. The Hall–Kier alpha value is -0.160. The quantitative estimate of drug-likeness (QED) is 0.657. The van der Waals surface area contributed by atoms with E-state index in [0.29, 0.717) is 13.0 Å². The third-order valence-corrected chi connectivity index (χ3v) is 3.48. The van der Waals surface area contributed by atoms with E-state index in [1.165, 1.54) is 32.1 Å². The zero-order valence-corrected chi connectivity index (χ0v) is 11.7. The molecule has 0 amide bonds. The minimum Gasteiger partial charge on any atom is -0.390 e. The van der Waals surface area contributed by atoms with Gasteiger partial charge in [0.2, 0.25) is 0 Å². The fourth-order valence-electron chi connectivity index (χ4n) is 2.23. The van der Waals surface area contributed by atoms with Gasteiger partial charge in [0.1, 0.15) is 6.10 Å². The van der Waals surface area contributed by atoms with E-state index in [-0.39, 0.29) is 12.4 Å². The topological polar surface area (TPSA) is 58.9 Å². The molecule has 1 aliphatic heterocycles. The molecule has 1 heterocycles. The Balaban J connectivity index is 2.02. The fourth-order valence-corrected chi connectivity index (χ4v) is 2.23. The van der Waals surface area contributed by atoms with E-state index in [9.17, 15) is 10.2 Å². The molecule has 0 aromatic rings. The summed E-state index contributed by atoms with van der Waals surface area (Å²) in [5, 5.41) is 19.1. The highest BCUT2D eigenvalue weighted by Gasteiger charge is 2.34. The van der Waals surface area contributed by atoms with Crippen molar-refractivity contribution in [2.24, 2.45) is 0 Å². The lowest BCUT2D eigenvalue weighted by Crippen LogP contribution is -2.47. The Morgan fingerprint density at radius 1 is 1.11 bits per heavy atom. The molecule has 0 aromatic carbocycles. The standard InChI is InChI=1S/C14H28O4/c1-3-4-5-6-7-8-9-17-13-10-12(15)14(16)11(2)18-13/h11-16H,3-10H2,1-2H3/t11-,12-,13-,14-/m1/s1. The Labute approximate surface area is 110 Å². The van der Waals surface area contributed by atoms with Gasteiger partial charge in [0.05, 0.1) is 12.2 Å². The van der Waals surface area contributed by atoms with Crippen molar-refractivity contribution in [3.8, 4) is 0 Å².